The Bertz CT molecular complexity index is 1020. The van der Waals surface area contributed by atoms with Crippen molar-refractivity contribution in [3.05, 3.63) is 35.5 Å². The third-order valence-corrected chi connectivity index (χ3v) is 4.14. The maximum Gasteiger partial charge on any atom is 0.225 e. The van der Waals surface area contributed by atoms with Crippen molar-refractivity contribution in [2.24, 2.45) is 0 Å². The minimum absolute atomic E-state index is 0.0757. The number of likely N-dealkylation sites (N-methyl/N-ethyl adjacent to an activating group) is 1. The summed E-state index contributed by atoms with van der Waals surface area (Å²) in [5.41, 5.74) is 1.18. The molecule has 3 heterocycles. The topological polar surface area (TPSA) is 115 Å². The van der Waals surface area contributed by atoms with E-state index in [1.807, 2.05) is 5.32 Å². The van der Waals surface area contributed by atoms with Crippen LogP contribution >= 0.6 is 23.1 Å². The predicted octanol–water partition coefficient (Wildman–Crippen LogP) is 2.08. The number of pyridine rings is 1. The van der Waals surface area contributed by atoms with Gasteiger partial charge in [-0.25, -0.2) is 9.97 Å². The molecule has 0 aliphatic carbocycles. The minimum atomic E-state index is -2.61. The highest BCUT2D eigenvalue weighted by Crippen LogP contribution is 2.37. The highest BCUT2D eigenvalue weighted by molar-refractivity contribution is 7.09. The van der Waals surface area contributed by atoms with Crippen molar-refractivity contribution in [2.45, 2.75) is 6.42 Å². The Morgan fingerprint density at radius 1 is 1.42 bits per heavy atom. The van der Waals surface area contributed by atoms with Gasteiger partial charge >= 0.3 is 0 Å². The number of hydrogen-bond donors (Lipinski definition) is 2. The second-order valence-corrected chi connectivity index (χ2v) is 6.03. The van der Waals surface area contributed by atoms with Gasteiger partial charge in [-0.1, -0.05) is 11.6 Å². The van der Waals surface area contributed by atoms with Gasteiger partial charge in [0.1, 0.15) is 11.3 Å². The first-order valence-electron chi connectivity index (χ1n) is 8.67. The van der Waals surface area contributed by atoms with Gasteiger partial charge in [-0.2, -0.15) is 9.47 Å². The Kier molecular flexibility index (Phi) is 4.42. The number of aromatic nitrogens is 5. The van der Waals surface area contributed by atoms with E-state index in [4.69, 9.17) is 20.5 Å². The second kappa shape index (κ2) is 8.02. The summed E-state index contributed by atoms with van der Waals surface area (Å²) < 4.78 is 30.9. The van der Waals surface area contributed by atoms with Crippen molar-refractivity contribution in [1.82, 2.24) is 29.9 Å². The SMILES string of the molecule is [2H]C([2H])([2H])NC(=O)Cc1nnc(Cl)cc1Nc1nccc(-c2ncns2)c1OC. The van der Waals surface area contributed by atoms with Crippen molar-refractivity contribution in [2.75, 3.05) is 19.4 Å². The Hall–Kier alpha value is -2.85. The molecule has 1 amide bonds. The fourth-order valence-corrected chi connectivity index (χ4v) is 2.85. The molecule has 0 spiro atoms. The Morgan fingerprint density at radius 3 is 3.04 bits per heavy atom. The molecule has 0 unspecified atom stereocenters. The standard InChI is InChI=1S/C15H14ClN7O2S/c1-17-12(24)6-10-9(5-11(16)23-22-10)21-14-13(25-2)8(3-4-18-14)15-19-7-20-26-15/h3-5,7H,6H2,1-2H3,(H,17,24)(H,18,21,23)/i1D3. The predicted molar refractivity (Wildman–Crippen MR) is 97.8 cm³/mol. The summed E-state index contributed by atoms with van der Waals surface area (Å²) in [5, 5.41) is 13.2. The summed E-state index contributed by atoms with van der Waals surface area (Å²) in [5.74, 6) is -0.0240. The van der Waals surface area contributed by atoms with E-state index < -0.39 is 12.9 Å². The molecule has 0 fully saturated rings. The van der Waals surface area contributed by atoms with E-state index in [1.54, 1.807) is 12.3 Å². The molecule has 0 saturated heterocycles. The molecular weight excluding hydrogens is 378 g/mol. The summed E-state index contributed by atoms with van der Waals surface area (Å²) in [7, 11) is 1.48. The molecule has 0 bridgehead atoms. The number of carbonyl (C=O) groups excluding carboxylic acids is 1. The summed E-state index contributed by atoms with van der Waals surface area (Å²) in [6.07, 6.45) is 2.66. The molecule has 26 heavy (non-hydrogen) atoms. The molecule has 11 heteroatoms. The van der Waals surface area contributed by atoms with E-state index >= 15 is 0 Å². The molecule has 2 N–H and O–H groups in total. The molecule has 0 radical (unpaired) electrons. The lowest BCUT2D eigenvalue weighted by atomic mass is 10.2. The summed E-state index contributed by atoms with van der Waals surface area (Å²) in [4.78, 5) is 20.4. The molecule has 134 valence electrons. The maximum absolute atomic E-state index is 12.0. The molecule has 0 aromatic carbocycles. The van der Waals surface area contributed by atoms with Gasteiger partial charge < -0.3 is 15.4 Å². The molecule has 3 rings (SSSR count). The number of rotatable bonds is 6. The number of carbonyl (C=O) groups is 1. The van der Waals surface area contributed by atoms with Gasteiger partial charge in [0.2, 0.25) is 5.91 Å². The molecular formula is C15H14ClN7O2S. The van der Waals surface area contributed by atoms with Crippen LogP contribution < -0.4 is 15.4 Å². The number of amides is 1. The molecule has 0 atom stereocenters. The second-order valence-electron chi connectivity index (χ2n) is 4.86. The molecule has 0 aliphatic heterocycles. The van der Waals surface area contributed by atoms with Crippen molar-refractivity contribution in [3.63, 3.8) is 0 Å². The number of methoxy groups -OCH3 is 1. The van der Waals surface area contributed by atoms with E-state index in [-0.39, 0.29) is 17.3 Å². The average Bonchev–Trinajstić information content (AvgIpc) is 3.17. The Balaban J connectivity index is 1.93. The molecule has 0 aliphatic rings. The van der Waals surface area contributed by atoms with Gasteiger partial charge in [0.15, 0.2) is 16.7 Å². The van der Waals surface area contributed by atoms with Crippen LogP contribution in [0.4, 0.5) is 11.5 Å². The Labute approximate surface area is 162 Å². The number of hydrogen-bond acceptors (Lipinski definition) is 9. The van der Waals surface area contributed by atoms with Crippen LogP contribution in [0.15, 0.2) is 24.7 Å². The van der Waals surface area contributed by atoms with Gasteiger partial charge in [0.05, 0.1) is 30.5 Å². The third kappa shape index (κ3) is 3.86. The lowest BCUT2D eigenvalue weighted by molar-refractivity contribution is -0.120. The number of nitrogens with zero attached hydrogens (tertiary/aromatic N) is 5. The number of halogens is 1. The molecule has 9 nitrogen and oxygen atoms in total. The fourth-order valence-electron chi connectivity index (χ4n) is 2.16. The monoisotopic (exact) mass is 394 g/mol. The fraction of sp³-hybridized carbons (Fsp3) is 0.200. The van der Waals surface area contributed by atoms with Gasteiger partial charge in [-0.15, -0.1) is 5.10 Å². The van der Waals surface area contributed by atoms with E-state index in [0.717, 1.165) is 0 Å². The summed E-state index contributed by atoms with van der Waals surface area (Å²) in [6.45, 7) is -2.61. The van der Waals surface area contributed by atoms with Crippen LogP contribution in [0.25, 0.3) is 10.6 Å². The maximum atomic E-state index is 12.0. The number of ether oxygens (including phenoxy) is 1. The lowest BCUT2D eigenvalue weighted by Crippen LogP contribution is -2.21. The van der Waals surface area contributed by atoms with Gasteiger partial charge in [-0.3, -0.25) is 4.79 Å². The van der Waals surface area contributed by atoms with Crippen LogP contribution in [0.2, 0.25) is 5.15 Å². The molecule has 0 saturated carbocycles. The van der Waals surface area contributed by atoms with Crippen LogP contribution in [0.3, 0.4) is 0 Å². The Morgan fingerprint density at radius 2 is 2.31 bits per heavy atom. The van der Waals surface area contributed by atoms with Crippen molar-refractivity contribution < 1.29 is 13.6 Å². The smallest absolute Gasteiger partial charge is 0.225 e. The van der Waals surface area contributed by atoms with E-state index in [2.05, 4.69) is 29.9 Å². The number of anilines is 2. The van der Waals surface area contributed by atoms with E-state index in [0.29, 0.717) is 27.8 Å². The zero-order valence-corrected chi connectivity index (χ0v) is 14.9. The first kappa shape index (κ1) is 14.3. The largest absolute Gasteiger partial charge is 0.492 e. The highest BCUT2D eigenvalue weighted by atomic mass is 35.5. The molecule has 3 aromatic heterocycles. The first-order chi connectivity index (χ1) is 13.8. The van der Waals surface area contributed by atoms with Crippen LogP contribution in [0.1, 0.15) is 9.81 Å². The zero-order valence-electron chi connectivity index (χ0n) is 16.4. The first-order valence-corrected chi connectivity index (χ1v) is 8.32. The molecule has 3 aromatic rings. The quantitative estimate of drug-likeness (QED) is 0.653. The normalized spacial score (nSPS) is 12.6. The van der Waals surface area contributed by atoms with Crippen LogP contribution in [0, 0.1) is 0 Å². The number of nitrogens with one attached hydrogen (secondary N) is 2. The van der Waals surface area contributed by atoms with Crippen LogP contribution in [-0.2, 0) is 11.2 Å². The van der Waals surface area contributed by atoms with Crippen molar-refractivity contribution in [1.29, 1.82) is 0 Å². The van der Waals surface area contributed by atoms with Gasteiger partial charge in [0, 0.05) is 23.4 Å². The highest BCUT2D eigenvalue weighted by Gasteiger charge is 2.17. The van der Waals surface area contributed by atoms with E-state index in [1.165, 1.54) is 31.0 Å². The average molecular weight is 395 g/mol. The van der Waals surface area contributed by atoms with E-state index in [9.17, 15) is 4.79 Å². The van der Waals surface area contributed by atoms with Crippen molar-refractivity contribution >= 4 is 40.5 Å². The van der Waals surface area contributed by atoms with Gasteiger partial charge in [0.25, 0.3) is 0 Å². The minimum Gasteiger partial charge on any atom is -0.492 e. The lowest BCUT2D eigenvalue weighted by Gasteiger charge is -2.14. The van der Waals surface area contributed by atoms with Crippen LogP contribution in [0.5, 0.6) is 5.75 Å². The van der Waals surface area contributed by atoms with Crippen LogP contribution in [-0.4, -0.2) is 44.5 Å². The third-order valence-electron chi connectivity index (χ3n) is 3.26. The summed E-state index contributed by atoms with van der Waals surface area (Å²) in [6, 6.07) is 3.18. The van der Waals surface area contributed by atoms with Crippen molar-refractivity contribution in [3.8, 4) is 16.3 Å². The summed E-state index contributed by atoms with van der Waals surface area (Å²) >= 11 is 7.13. The van der Waals surface area contributed by atoms with Gasteiger partial charge in [-0.05, 0) is 17.6 Å². The zero-order chi connectivity index (χ0) is 21.0.